The minimum Gasteiger partial charge on any atom is -0.368 e. The van der Waals surface area contributed by atoms with Crippen LogP contribution in [0.4, 0.5) is 0 Å². The maximum absolute atomic E-state index is 12.7. The zero-order valence-electron chi connectivity index (χ0n) is 14.4. The van der Waals surface area contributed by atoms with E-state index in [1.54, 1.807) is 13.8 Å². The van der Waals surface area contributed by atoms with E-state index in [1.165, 1.54) is 0 Å². The quantitative estimate of drug-likeness (QED) is 0.545. The van der Waals surface area contributed by atoms with Gasteiger partial charge in [-0.3, -0.25) is 9.59 Å². The van der Waals surface area contributed by atoms with Crippen molar-refractivity contribution in [3.8, 4) is 0 Å². The van der Waals surface area contributed by atoms with Crippen molar-refractivity contribution >= 4 is 21.5 Å². The lowest BCUT2D eigenvalue weighted by Crippen LogP contribution is -2.63. The maximum atomic E-state index is 12.7. The van der Waals surface area contributed by atoms with Crippen molar-refractivity contribution in [2.75, 3.05) is 5.75 Å². The summed E-state index contributed by atoms with van der Waals surface area (Å²) in [6.45, 7) is 3.58. The molecule has 0 aromatic rings. The Morgan fingerprint density at radius 1 is 1.27 bits per heavy atom. The first-order chi connectivity index (χ1) is 10.5. The number of hydrogen-bond acceptors (Lipinski definition) is 5. The monoisotopic (exact) mass is 333 g/mol. The van der Waals surface area contributed by atoms with Crippen LogP contribution in [-0.4, -0.2) is 36.6 Å². The molecule has 0 bridgehead atoms. The minimum atomic E-state index is -4.09. The largest absolute Gasteiger partial charge is 0.368 e. The molecule has 1 fully saturated rings. The van der Waals surface area contributed by atoms with Crippen molar-refractivity contribution < 1.29 is 19.4 Å². The second-order valence-corrected chi connectivity index (χ2v) is 8.30. The van der Waals surface area contributed by atoms with Gasteiger partial charge in [0.2, 0.25) is 5.91 Å². The molecule has 0 aromatic carbocycles. The fourth-order valence-electron chi connectivity index (χ4n) is 2.45. The Kier molecular flexibility index (Phi) is 5.97. The summed E-state index contributed by atoms with van der Waals surface area (Å²) in [5.41, 5.74) is 8.86. The van der Waals surface area contributed by atoms with Crippen molar-refractivity contribution in [3.63, 3.8) is 0 Å². The fourth-order valence-corrected chi connectivity index (χ4v) is 4.59. The van der Waals surface area contributed by atoms with Crippen LogP contribution in [0.15, 0.2) is 0 Å². The van der Waals surface area contributed by atoms with E-state index in [1.807, 2.05) is 0 Å². The lowest BCUT2D eigenvalue weighted by Gasteiger charge is -2.27. The molecule has 1 rings (SSSR count). The number of primary amides is 1. The lowest BCUT2D eigenvalue weighted by atomic mass is 9.93. The Hall–Kier alpha value is -0.950. The molecule has 128 valence electrons. The first-order valence-electron chi connectivity index (χ1n) is 8.36. The van der Waals surface area contributed by atoms with Crippen LogP contribution < -0.4 is 11.5 Å². The third-order valence-electron chi connectivity index (χ3n) is 4.02. The molecular weight excluding hydrogens is 304 g/mol. The molecule has 1 saturated carbocycles. The highest BCUT2D eigenvalue weighted by Gasteiger charge is 2.46. The highest BCUT2D eigenvalue weighted by atomic mass is 32.2. The number of ketones is 1. The van der Waals surface area contributed by atoms with Crippen molar-refractivity contribution in [3.05, 3.63) is 0 Å². The van der Waals surface area contributed by atoms with Crippen LogP contribution in [0.2, 0.25) is 0 Å². The summed E-state index contributed by atoms with van der Waals surface area (Å²) >= 11 is 0. The zero-order valence-corrected chi connectivity index (χ0v) is 14.2. The Morgan fingerprint density at radius 3 is 2.14 bits per heavy atom. The summed E-state index contributed by atoms with van der Waals surface area (Å²) < 4.78 is 33.8. The third kappa shape index (κ3) is 4.78. The van der Waals surface area contributed by atoms with Crippen LogP contribution in [0.1, 0.15) is 60.2 Å². The van der Waals surface area contributed by atoms with Gasteiger partial charge in [0, 0.05) is 7.79 Å². The van der Waals surface area contributed by atoms with Gasteiger partial charge in [0.1, 0.15) is 0 Å². The summed E-state index contributed by atoms with van der Waals surface area (Å²) in [5.74, 6) is -2.49. The molecule has 0 saturated heterocycles. The zero-order chi connectivity index (χ0) is 17.9. The van der Waals surface area contributed by atoms with Crippen molar-refractivity contribution in [2.45, 2.75) is 69.6 Å². The SMILES string of the molecule is [2H]C(CCC)(CCC)S(=O)(=O)C[C@](N)(C(N)=O)C(=O)CC1CC1. The van der Waals surface area contributed by atoms with Gasteiger partial charge in [-0.1, -0.05) is 26.7 Å². The molecule has 7 heteroatoms. The number of carbonyl (C=O) groups is 2. The molecule has 0 spiro atoms. The molecule has 0 aliphatic heterocycles. The Labute approximate surface area is 134 Å². The number of amides is 1. The van der Waals surface area contributed by atoms with Crippen molar-refractivity contribution in [2.24, 2.45) is 17.4 Å². The highest BCUT2D eigenvalue weighted by molar-refractivity contribution is 7.92. The van der Waals surface area contributed by atoms with Gasteiger partial charge in [-0.15, -0.1) is 0 Å². The van der Waals surface area contributed by atoms with Gasteiger partial charge >= 0.3 is 0 Å². The molecule has 1 atom stereocenters. The summed E-state index contributed by atoms with van der Waals surface area (Å²) in [5, 5.41) is -1.74. The van der Waals surface area contributed by atoms with Gasteiger partial charge in [-0.25, -0.2) is 8.42 Å². The maximum Gasteiger partial charge on any atom is 0.246 e. The molecule has 6 nitrogen and oxygen atoms in total. The van der Waals surface area contributed by atoms with E-state index in [9.17, 15) is 18.0 Å². The summed E-state index contributed by atoms with van der Waals surface area (Å²) in [6, 6.07) is 0. The number of rotatable bonds is 11. The van der Waals surface area contributed by atoms with Gasteiger partial charge in [0.05, 0.1) is 11.0 Å². The summed E-state index contributed by atoms with van der Waals surface area (Å²) in [7, 11) is -4.09. The Bertz CT molecular complexity index is 554. The molecule has 1 amide bonds. The molecular formula is C15H28N2O4S. The van der Waals surface area contributed by atoms with Crippen LogP contribution in [0.3, 0.4) is 0 Å². The second kappa shape index (κ2) is 7.55. The van der Waals surface area contributed by atoms with Gasteiger partial charge in [-0.05, 0) is 31.6 Å². The van der Waals surface area contributed by atoms with Crippen molar-refractivity contribution in [1.82, 2.24) is 0 Å². The smallest absolute Gasteiger partial charge is 0.246 e. The molecule has 1 aliphatic carbocycles. The van der Waals surface area contributed by atoms with E-state index in [0.29, 0.717) is 12.8 Å². The Balaban J connectivity index is 3.09. The van der Waals surface area contributed by atoms with Crippen LogP contribution in [-0.2, 0) is 19.4 Å². The number of Topliss-reactive ketones (excluding diaryl/α,β-unsaturated/α-hetero) is 1. The molecule has 4 N–H and O–H groups in total. The van der Waals surface area contributed by atoms with Gasteiger partial charge in [0.15, 0.2) is 21.2 Å². The topological polar surface area (TPSA) is 120 Å². The van der Waals surface area contributed by atoms with E-state index in [4.69, 9.17) is 12.8 Å². The molecule has 0 unspecified atom stereocenters. The average molecular weight is 333 g/mol. The molecule has 0 radical (unpaired) electrons. The average Bonchev–Trinajstić information content (AvgIpc) is 3.22. The molecule has 22 heavy (non-hydrogen) atoms. The molecule has 1 aliphatic rings. The van der Waals surface area contributed by atoms with E-state index < -0.39 is 38.0 Å². The number of carbonyl (C=O) groups excluding carboxylic acids is 2. The standard InChI is InChI=1S/C15H28N2O4S/c1-3-5-12(6-4-2)22(20,21)10-15(17,14(16)19)13(18)9-11-7-8-11/h11-12H,3-10,17H2,1-2H3,(H2,16,19)/t15-/m1/s1/i12D. The first kappa shape index (κ1) is 17.4. The third-order valence-corrected chi connectivity index (χ3v) is 6.15. The Morgan fingerprint density at radius 2 is 1.77 bits per heavy atom. The van der Waals surface area contributed by atoms with Crippen LogP contribution in [0.5, 0.6) is 0 Å². The van der Waals surface area contributed by atoms with E-state index in [-0.39, 0.29) is 25.2 Å². The highest BCUT2D eigenvalue weighted by Crippen LogP contribution is 2.34. The number of sulfone groups is 1. The van der Waals surface area contributed by atoms with Gasteiger partial charge in [0.25, 0.3) is 0 Å². The second-order valence-electron chi connectivity index (χ2n) is 6.20. The number of hydrogen-bond donors (Lipinski definition) is 2. The summed E-state index contributed by atoms with van der Waals surface area (Å²) in [4.78, 5) is 24.1. The van der Waals surface area contributed by atoms with Gasteiger partial charge in [-0.2, -0.15) is 0 Å². The minimum absolute atomic E-state index is 0.0709. The van der Waals surface area contributed by atoms with Crippen molar-refractivity contribution in [1.29, 1.82) is 0 Å². The fraction of sp³-hybridized carbons (Fsp3) is 0.867. The molecule has 0 aromatic heterocycles. The summed E-state index contributed by atoms with van der Waals surface area (Å²) in [6.07, 6.45) is 3.10. The van der Waals surface area contributed by atoms with Gasteiger partial charge < -0.3 is 11.5 Å². The van der Waals surface area contributed by atoms with E-state index >= 15 is 0 Å². The normalized spacial score (nSPS) is 19.3. The predicted molar refractivity (Wildman–Crippen MR) is 85.9 cm³/mol. The van der Waals surface area contributed by atoms with Crippen LogP contribution in [0, 0.1) is 5.92 Å². The van der Waals surface area contributed by atoms with Crippen LogP contribution in [0.25, 0.3) is 0 Å². The van der Waals surface area contributed by atoms with E-state index in [2.05, 4.69) is 0 Å². The van der Waals surface area contributed by atoms with Crippen LogP contribution >= 0.6 is 0 Å². The molecule has 0 heterocycles. The predicted octanol–water partition coefficient (Wildman–Crippen LogP) is 0.922. The lowest BCUT2D eigenvalue weighted by molar-refractivity contribution is -0.133. The number of nitrogens with two attached hydrogens (primary N) is 2. The first-order valence-corrected chi connectivity index (χ1v) is 9.52. The van der Waals surface area contributed by atoms with E-state index in [0.717, 1.165) is 12.8 Å².